The molecule has 0 atom stereocenters. The Bertz CT molecular complexity index is 1320. The maximum atomic E-state index is 12.0. The van der Waals surface area contributed by atoms with Crippen molar-refractivity contribution in [3.8, 4) is 11.1 Å². The summed E-state index contributed by atoms with van der Waals surface area (Å²) < 4.78 is 13.9. The van der Waals surface area contributed by atoms with Crippen LogP contribution in [0.3, 0.4) is 0 Å². The fourth-order valence-corrected chi connectivity index (χ4v) is 4.48. The van der Waals surface area contributed by atoms with Gasteiger partial charge in [0.1, 0.15) is 12.1 Å². The first-order chi connectivity index (χ1) is 17.2. The van der Waals surface area contributed by atoms with E-state index in [0.29, 0.717) is 24.8 Å². The number of aromatic nitrogens is 4. The van der Waals surface area contributed by atoms with Crippen LogP contribution in [0, 0.1) is 0 Å². The van der Waals surface area contributed by atoms with Crippen molar-refractivity contribution in [2.24, 2.45) is 0 Å². The summed E-state index contributed by atoms with van der Waals surface area (Å²) in [4.78, 5) is 22.7. The van der Waals surface area contributed by atoms with E-state index in [1.54, 1.807) is 17.9 Å². The molecule has 1 saturated heterocycles. The zero-order valence-electron chi connectivity index (χ0n) is 19.9. The van der Waals surface area contributed by atoms with Crippen LogP contribution in [-0.2, 0) is 22.7 Å². The van der Waals surface area contributed by atoms with Gasteiger partial charge in [-0.25, -0.2) is 4.79 Å². The van der Waals surface area contributed by atoms with E-state index >= 15 is 0 Å². The van der Waals surface area contributed by atoms with Gasteiger partial charge in [0.25, 0.3) is 0 Å². The molecule has 0 aliphatic carbocycles. The normalized spacial score (nSPS) is 14.3. The smallest absolute Gasteiger partial charge is 0.338 e. The number of esters is 1. The topological polar surface area (TPSA) is 92.4 Å². The van der Waals surface area contributed by atoms with Crippen molar-refractivity contribution in [1.29, 1.82) is 0 Å². The predicted octanol–water partition coefficient (Wildman–Crippen LogP) is 3.39. The Morgan fingerprint density at radius 3 is 2.74 bits per heavy atom. The minimum Gasteiger partial charge on any atom is -0.465 e. The van der Waals surface area contributed by atoms with E-state index in [2.05, 4.69) is 32.3 Å². The summed E-state index contributed by atoms with van der Waals surface area (Å²) in [5.74, 6) is -0.386. The first-order valence-electron chi connectivity index (χ1n) is 11.7. The SMILES string of the molecule is COCc1cc(COn2ccc3ncc(-c4cnn(C5CCNCC5)c4)cc32)ccc1C(=O)OC. The van der Waals surface area contributed by atoms with Crippen molar-refractivity contribution < 1.29 is 19.1 Å². The Labute approximate surface area is 203 Å². The second kappa shape index (κ2) is 10.3. The van der Waals surface area contributed by atoms with Crippen molar-refractivity contribution in [1.82, 2.24) is 24.8 Å². The van der Waals surface area contributed by atoms with Crippen LogP contribution in [0.1, 0.15) is 40.4 Å². The van der Waals surface area contributed by atoms with Crippen LogP contribution in [0.25, 0.3) is 22.2 Å². The van der Waals surface area contributed by atoms with Crippen molar-refractivity contribution in [3.05, 3.63) is 71.8 Å². The Balaban J connectivity index is 1.35. The number of ether oxygens (including phenoxy) is 2. The number of carbonyl (C=O) groups excluding carboxylic acids is 1. The number of fused-ring (bicyclic) bond motifs is 1. The standard InChI is InChI=1S/C26H29N5O4/c1-33-17-20-11-18(3-4-23(20)26(32)34-2)16-35-31-10-7-24-25(31)12-19(13-28-24)21-14-29-30(15-21)22-5-8-27-9-6-22/h3-4,7,10-15,22,27H,5-6,8-9,16-17H2,1-2H3. The Hall–Kier alpha value is -3.69. The number of hydrogen-bond acceptors (Lipinski definition) is 7. The average molecular weight is 476 g/mol. The highest BCUT2D eigenvalue weighted by molar-refractivity contribution is 5.91. The summed E-state index contributed by atoms with van der Waals surface area (Å²) in [6.45, 7) is 2.68. The Kier molecular flexibility index (Phi) is 6.78. The summed E-state index contributed by atoms with van der Waals surface area (Å²) in [5.41, 5.74) is 5.91. The number of rotatable bonds is 8. The van der Waals surface area contributed by atoms with E-state index in [0.717, 1.165) is 59.2 Å². The van der Waals surface area contributed by atoms with Gasteiger partial charge in [-0.3, -0.25) is 9.67 Å². The van der Waals surface area contributed by atoms with E-state index in [9.17, 15) is 4.79 Å². The van der Waals surface area contributed by atoms with Gasteiger partial charge in [0.05, 0.1) is 37.0 Å². The lowest BCUT2D eigenvalue weighted by Gasteiger charge is -2.22. The van der Waals surface area contributed by atoms with Gasteiger partial charge in [-0.2, -0.15) is 9.83 Å². The van der Waals surface area contributed by atoms with Crippen LogP contribution >= 0.6 is 0 Å². The third kappa shape index (κ3) is 4.91. The highest BCUT2D eigenvalue weighted by Crippen LogP contribution is 2.26. The second-order valence-electron chi connectivity index (χ2n) is 8.65. The Morgan fingerprint density at radius 2 is 1.94 bits per heavy atom. The largest absolute Gasteiger partial charge is 0.465 e. The molecule has 0 unspecified atom stereocenters. The van der Waals surface area contributed by atoms with E-state index in [4.69, 9.17) is 14.3 Å². The van der Waals surface area contributed by atoms with Gasteiger partial charge in [0.2, 0.25) is 0 Å². The van der Waals surface area contributed by atoms with Gasteiger partial charge >= 0.3 is 5.97 Å². The molecule has 5 rings (SSSR count). The van der Waals surface area contributed by atoms with Crippen LogP contribution < -0.4 is 10.2 Å². The summed E-state index contributed by atoms with van der Waals surface area (Å²) in [5, 5.41) is 8.01. The van der Waals surface area contributed by atoms with Crippen LogP contribution in [0.15, 0.2) is 55.1 Å². The molecular formula is C26H29N5O4. The molecule has 1 aromatic carbocycles. The van der Waals surface area contributed by atoms with Crippen molar-refractivity contribution in [2.45, 2.75) is 32.1 Å². The number of carbonyl (C=O) groups is 1. The maximum Gasteiger partial charge on any atom is 0.338 e. The summed E-state index contributed by atoms with van der Waals surface area (Å²) >= 11 is 0. The van der Waals surface area contributed by atoms with Crippen LogP contribution in [0.2, 0.25) is 0 Å². The fourth-order valence-electron chi connectivity index (χ4n) is 4.48. The van der Waals surface area contributed by atoms with Crippen LogP contribution in [-0.4, -0.2) is 52.8 Å². The first kappa shape index (κ1) is 23.1. The lowest BCUT2D eigenvalue weighted by Crippen LogP contribution is -2.29. The summed E-state index contributed by atoms with van der Waals surface area (Å²) in [7, 11) is 2.96. The number of nitrogens with one attached hydrogen (secondary N) is 1. The highest BCUT2D eigenvalue weighted by atomic mass is 16.7. The number of pyridine rings is 1. The average Bonchev–Trinajstić information content (AvgIpc) is 3.55. The predicted molar refractivity (Wildman–Crippen MR) is 131 cm³/mol. The maximum absolute atomic E-state index is 12.0. The Morgan fingerprint density at radius 1 is 1.09 bits per heavy atom. The van der Waals surface area contributed by atoms with E-state index in [1.165, 1.54) is 7.11 Å². The molecule has 4 aromatic rings. The number of methoxy groups -OCH3 is 2. The lowest BCUT2D eigenvalue weighted by atomic mass is 10.0. The molecule has 9 heteroatoms. The zero-order chi connectivity index (χ0) is 24.2. The third-order valence-corrected chi connectivity index (χ3v) is 6.37. The minimum atomic E-state index is -0.386. The van der Waals surface area contributed by atoms with Gasteiger partial charge in [0.15, 0.2) is 0 Å². The van der Waals surface area contributed by atoms with E-state index in [-0.39, 0.29) is 5.97 Å². The molecule has 4 heterocycles. The molecule has 1 fully saturated rings. The quantitative estimate of drug-likeness (QED) is 0.391. The molecule has 0 bridgehead atoms. The minimum absolute atomic E-state index is 0.309. The summed E-state index contributed by atoms with van der Waals surface area (Å²) in [6, 6.07) is 9.93. The van der Waals surface area contributed by atoms with Crippen molar-refractivity contribution >= 4 is 17.0 Å². The monoisotopic (exact) mass is 475 g/mol. The van der Waals surface area contributed by atoms with Gasteiger partial charge < -0.3 is 19.6 Å². The molecular weight excluding hydrogens is 446 g/mol. The molecule has 1 aliphatic rings. The number of piperidine rings is 1. The highest BCUT2D eigenvalue weighted by Gasteiger charge is 2.17. The van der Waals surface area contributed by atoms with Gasteiger partial charge in [0, 0.05) is 36.8 Å². The molecule has 3 aromatic heterocycles. The zero-order valence-corrected chi connectivity index (χ0v) is 19.9. The molecule has 35 heavy (non-hydrogen) atoms. The third-order valence-electron chi connectivity index (χ3n) is 6.37. The summed E-state index contributed by atoms with van der Waals surface area (Å²) in [6.07, 6.45) is 9.91. The van der Waals surface area contributed by atoms with Gasteiger partial charge in [-0.05, 0) is 61.3 Å². The fraction of sp³-hybridized carbons (Fsp3) is 0.346. The van der Waals surface area contributed by atoms with Gasteiger partial charge in [-0.15, -0.1) is 0 Å². The lowest BCUT2D eigenvalue weighted by molar-refractivity contribution is 0.0595. The molecule has 1 aliphatic heterocycles. The first-order valence-corrected chi connectivity index (χ1v) is 11.7. The number of hydrogen-bond donors (Lipinski definition) is 1. The van der Waals surface area contributed by atoms with E-state index in [1.807, 2.05) is 36.8 Å². The van der Waals surface area contributed by atoms with Crippen LogP contribution in [0.5, 0.6) is 0 Å². The molecule has 0 amide bonds. The molecule has 0 radical (unpaired) electrons. The van der Waals surface area contributed by atoms with Gasteiger partial charge in [-0.1, -0.05) is 6.07 Å². The van der Waals surface area contributed by atoms with Crippen molar-refractivity contribution in [3.63, 3.8) is 0 Å². The molecule has 0 saturated carbocycles. The number of nitrogens with zero attached hydrogens (tertiary/aromatic N) is 4. The second-order valence-corrected chi connectivity index (χ2v) is 8.65. The number of benzene rings is 1. The van der Waals surface area contributed by atoms with Crippen molar-refractivity contribution in [2.75, 3.05) is 27.3 Å². The van der Waals surface area contributed by atoms with E-state index < -0.39 is 0 Å². The molecule has 0 spiro atoms. The molecule has 1 N–H and O–H groups in total. The molecule has 182 valence electrons. The van der Waals surface area contributed by atoms with Crippen LogP contribution in [0.4, 0.5) is 0 Å². The molecule has 9 nitrogen and oxygen atoms in total.